The van der Waals surface area contributed by atoms with Gasteiger partial charge in [0, 0.05) is 24.3 Å². The van der Waals surface area contributed by atoms with Crippen LogP contribution in [0.3, 0.4) is 0 Å². The van der Waals surface area contributed by atoms with Gasteiger partial charge in [0.05, 0.1) is 24.0 Å². The van der Waals surface area contributed by atoms with Crippen molar-refractivity contribution in [3.05, 3.63) is 29.0 Å². The summed E-state index contributed by atoms with van der Waals surface area (Å²) in [6.07, 6.45) is 1.63. The Morgan fingerprint density at radius 2 is 1.88 bits per heavy atom. The summed E-state index contributed by atoms with van der Waals surface area (Å²) < 4.78 is 31.7. The second-order valence-electron chi connectivity index (χ2n) is 7.20. The third kappa shape index (κ3) is 4.42. The number of nitrogens with two attached hydrogens (primary N) is 1. The van der Waals surface area contributed by atoms with Crippen LogP contribution in [0.1, 0.15) is 40.2 Å². The zero-order chi connectivity index (χ0) is 19.7. The Balaban J connectivity index is 2.43. The van der Waals surface area contributed by atoms with Crippen LogP contribution in [-0.4, -0.2) is 36.3 Å². The SMILES string of the molecule is COc1cc(C=C(CSC(C)=O)B2OC(C)(C)C(C)(C)O2)c(F)cc1N. The van der Waals surface area contributed by atoms with E-state index in [4.69, 9.17) is 19.8 Å². The van der Waals surface area contributed by atoms with Crippen LogP contribution in [-0.2, 0) is 14.1 Å². The molecule has 0 bridgehead atoms. The summed E-state index contributed by atoms with van der Waals surface area (Å²) in [5.41, 5.74) is 5.85. The summed E-state index contributed by atoms with van der Waals surface area (Å²) in [6, 6.07) is 2.74. The molecule has 0 amide bonds. The van der Waals surface area contributed by atoms with Crippen molar-refractivity contribution in [2.45, 2.75) is 45.8 Å². The number of rotatable bonds is 5. The van der Waals surface area contributed by atoms with E-state index < -0.39 is 24.1 Å². The second kappa shape index (κ2) is 7.62. The molecule has 1 heterocycles. The minimum Gasteiger partial charge on any atom is -0.495 e. The molecule has 0 radical (unpaired) electrons. The van der Waals surface area contributed by atoms with Crippen molar-refractivity contribution in [2.24, 2.45) is 0 Å². The lowest BCUT2D eigenvalue weighted by molar-refractivity contribution is -0.109. The van der Waals surface area contributed by atoms with Gasteiger partial charge < -0.3 is 19.8 Å². The average Bonchev–Trinajstić information content (AvgIpc) is 2.73. The lowest BCUT2D eigenvalue weighted by atomic mass is 9.78. The Hall–Kier alpha value is -1.51. The maximum Gasteiger partial charge on any atom is 0.491 e. The van der Waals surface area contributed by atoms with Crippen LogP contribution in [0.2, 0.25) is 0 Å². The molecule has 0 aromatic heterocycles. The summed E-state index contributed by atoms with van der Waals surface area (Å²) in [4.78, 5) is 11.4. The molecule has 1 aliphatic rings. The first-order chi connectivity index (χ1) is 12.0. The van der Waals surface area contributed by atoms with E-state index in [0.29, 0.717) is 22.5 Å². The Kier molecular flexibility index (Phi) is 6.10. The van der Waals surface area contributed by atoms with Gasteiger partial charge in [0.1, 0.15) is 11.6 Å². The summed E-state index contributed by atoms with van der Waals surface area (Å²) >= 11 is 1.12. The van der Waals surface area contributed by atoms with Gasteiger partial charge in [-0.3, -0.25) is 4.79 Å². The number of carbonyl (C=O) groups is 1. The number of nitrogen functional groups attached to an aromatic ring is 1. The van der Waals surface area contributed by atoms with E-state index in [0.717, 1.165) is 11.8 Å². The number of benzene rings is 1. The van der Waals surface area contributed by atoms with E-state index in [1.165, 1.54) is 26.2 Å². The van der Waals surface area contributed by atoms with E-state index >= 15 is 0 Å². The van der Waals surface area contributed by atoms with Crippen molar-refractivity contribution in [1.29, 1.82) is 0 Å². The third-order valence-corrected chi connectivity index (χ3v) is 5.57. The smallest absolute Gasteiger partial charge is 0.491 e. The minimum absolute atomic E-state index is 0.0391. The van der Waals surface area contributed by atoms with Crippen LogP contribution in [0.5, 0.6) is 5.75 Å². The molecule has 0 saturated carbocycles. The molecule has 1 aromatic rings. The zero-order valence-electron chi connectivity index (χ0n) is 16.0. The Morgan fingerprint density at radius 3 is 2.38 bits per heavy atom. The Labute approximate surface area is 158 Å². The Morgan fingerprint density at radius 1 is 1.31 bits per heavy atom. The molecule has 26 heavy (non-hydrogen) atoms. The molecule has 8 heteroatoms. The van der Waals surface area contributed by atoms with Crippen molar-refractivity contribution < 1.29 is 23.2 Å². The van der Waals surface area contributed by atoms with Gasteiger partial charge in [0.2, 0.25) is 0 Å². The third-order valence-electron chi connectivity index (χ3n) is 4.69. The molecule has 0 atom stereocenters. The molecule has 1 fully saturated rings. The molecule has 0 spiro atoms. The van der Waals surface area contributed by atoms with E-state index in [1.54, 1.807) is 6.08 Å². The number of methoxy groups -OCH3 is 1. The van der Waals surface area contributed by atoms with E-state index in [1.807, 2.05) is 27.7 Å². The molecule has 2 rings (SSSR count). The number of halogens is 1. The topological polar surface area (TPSA) is 70.8 Å². The van der Waals surface area contributed by atoms with Gasteiger partial charge >= 0.3 is 7.12 Å². The highest BCUT2D eigenvalue weighted by Crippen LogP contribution is 2.39. The fraction of sp³-hybridized carbons (Fsp3) is 0.500. The number of hydrogen-bond donors (Lipinski definition) is 1. The van der Waals surface area contributed by atoms with E-state index in [-0.39, 0.29) is 10.8 Å². The first kappa shape index (κ1) is 20.8. The highest BCUT2D eigenvalue weighted by atomic mass is 32.2. The van der Waals surface area contributed by atoms with Crippen LogP contribution in [0.15, 0.2) is 17.6 Å². The van der Waals surface area contributed by atoms with Crippen LogP contribution >= 0.6 is 11.8 Å². The molecular weight excluding hydrogens is 356 g/mol. The first-order valence-electron chi connectivity index (χ1n) is 8.29. The number of thioether (sulfide) groups is 1. The summed E-state index contributed by atoms with van der Waals surface area (Å²) in [5.74, 6) is 0.230. The van der Waals surface area contributed by atoms with Crippen LogP contribution in [0, 0.1) is 5.82 Å². The number of ether oxygens (including phenoxy) is 1. The molecule has 142 valence electrons. The molecular formula is C18H25BFNO4S. The fourth-order valence-corrected chi connectivity index (χ4v) is 3.02. The maximum atomic E-state index is 14.4. The minimum atomic E-state index is -0.671. The molecule has 1 aliphatic heterocycles. The van der Waals surface area contributed by atoms with Gasteiger partial charge in [0.25, 0.3) is 0 Å². The summed E-state index contributed by atoms with van der Waals surface area (Å²) in [5, 5.41) is -0.0391. The van der Waals surface area contributed by atoms with Gasteiger partial charge in [-0.25, -0.2) is 4.39 Å². The van der Waals surface area contributed by atoms with Gasteiger partial charge in [-0.1, -0.05) is 17.8 Å². The maximum absolute atomic E-state index is 14.4. The monoisotopic (exact) mass is 381 g/mol. The van der Waals surface area contributed by atoms with Crippen LogP contribution < -0.4 is 10.5 Å². The highest BCUT2D eigenvalue weighted by molar-refractivity contribution is 8.13. The number of anilines is 1. The molecule has 1 aromatic carbocycles. The van der Waals surface area contributed by atoms with Gasteiger partial charge in [-0.2, -0.15) is 0 Å². The summed E-state index contributed by atoms with van der Waals surface area (Å²) in [6.45, 7) is 9.25. The second-order valence-corrected chi connectivity index (χ2v) is 8.36. The molecule has 0 unspecified atom stereocenters. The lowest BCUT2D eigenvalue weighted by Crippen LogP contribution is -2.41. The predicted molar refractivity (Wildman–Crippen MR) is 105 cm³/mol. The highest BCUT2D eigenvalue weighted by Gasteiger charge is 2.52. The van der Waals surface area contributed by atoms with Crippen molar-refractivity contribution in [2.75, 3.05) is 18.6 Å². The number of carbonyl (C=O) groups excluding carboxylic acids is 1. The largest absolute Gasteiger partial charge is 0.495 e. The van der Waals surface area contributed by atoms with Crippen molar-refractivity contribution in [1.82, 2.24) is 0 Å². The lowest BCUT2D eigenvalue weighted by Gasteiger charge is -2.32. The molecule has 0 aliphatic carbocycles. The molecule has 2 N–H and O–H groups in total. The zero-order valence-corrected chi connectivity index (χ0v) is 16.8. The summed E-state index contributed by atoms with van der Waals surface area (Å²) in [7, 11) is 0.799. The van der Waals surface area contributed by atoms with Gasteiger partial charge in [-0.15, -0.1) is 0 Å². The van der Waals surface area contributed by atoms with Crippen LogP contribution in [0.25, 0.3) is 6.08 Å². The molecule has 5 nitrogen and oxygen atoms in total. The quantitative estimate of drug-likeness (QED) is 0.619. The fourth-order valence-electron chi connectivity index (χ4n) is 2.43. The average molecular weight is 381 g/mol. The van der Waals surface area contributed by atoms with Crippen LogP contribution in [0.4, 0.5) is 10.1 Å². The normalized spacial score (nSPS) is 18.9. The van der Waals surface area contributed by atoms with Crippen molar-refractivity contribution >= 4 is 35.8 Å². The molecule has 1 saturated heterocycles. The standard InChI is InChI=1S/C18H25BFNO4S/c1-11(22)26-10-13(19-24-17(2,3)18(4,5)25-19)7-12-8-16(23-6)15(21)9-14(12)20/h7-9H,10,21H2,1-6H3. The van der Waals surface area contributed by atoms with Crippen molar-refractivity contribution in [3.63, 3.8) is 0 Å². The van der Waals surface area contributed by atoms with Crippen molar-refractivity contribution in [3.8, 4) is 5.75 Å². The van der Waals surface area contributed by atoms with E-state index in [2.05, 4.69) is 0 Å². The van der Waals surface area contributed by atoms with Gasteiger partial charge in [-0.05, 0) is 39.2 Å². The predicted octanol–water partition coefficient (Wildman–Crippen LogP) is 3.71. The van der Waals surface area contributed by atoms with Gasteiger partial charge in [0.15, 0.2) is 5.12 Å². The first-order valence-corrected chi connectivity index (χ1v) is 9.28. The van der Waals surface area contributed by atoms with E-state index in [9.17, 15) is 9.18 Å². The number of hydrogen-bond acceptors (Lipinski definition) is 6. The Bertz CT molecular complexity index is 720.